The van der Waals surface area contributed by atoms with E-state index >= 15 is 0 Å². The molecular weight excluding hydrogens is 458 g/mol. The topological polar surface area (TPSA) is 73.8 Å². The Kier molecular flexibility index (Phi) is 6.48. The fourth-order valence-corrected chi connectivity index (χ4v) is 4.34. The van der Waals surface area contributed by atoms with E-state index in [-0.39, 0.29) is 11.5 Å². The molecule has 0 aliphatic rings. The van der Waals surface area contributed by atoms with Crippen LogP contribution in [-0.2, 0) is 12.2 Å². The van der Waals surface area contributed by atoms with E-state index in [9.17, 15) is 18.9 Å². The number of hydrogen-bond acceptors (Lipinski definition) is 5. The van der Waals surface area contributed by atoms with Gasteiger partial charge in [-0.3, -0.25) is 14.7 Å². The van der Waals surface area contributed by atoms with Gasteiger partial charge in [-0.1, -0.05) is 41.6 Å². The highest BCUT2D eigenvalue weighted by Crippen LogP contribution is 2.29. The average molecular weight is 473 g/mol. The van der Waals surface area contributed by atoms with Gasteiger partial charge < -0.3 is 0 Å². The minimum atomic E-state index is -0.458. The molecule has 6 nitrogen and oxygen atoms in total. The summed E-state index contributed by atoms with van der Waals surface area (Å²) >= 11 is 7.49. The fourth-order valence-electron chi connectivity index (χ4n) is 3.06. The van der Waals surface area contributed by atoms with Gasteiger partial charge in [0.05, 0.1) is 4.92 Å². The smallest absolute Gasteiger partial charge is 0.269 e. The van der Waals surface area contributed by atoms with Crippen LogP contribution in [-0.4, -0.2) is 19.7 Å². The van der Waals surface area contributed by atoms with Crippen LogP contribution in [0.2, 0.25) is 5.02 Å². The van der Waals surface area contributed by atoms with Crippen molar-refractivity contribution in [3.05, 3.63) is 110 Å². The quantitative estimate of drug-likeness (QED) is 0.187. The first-order valence-corrected chi connectivity index (χ1v) is 10.8. The van der Waals surface area contributed by atoms with Gasteiger partial charge in [0.15, 0.2) is 5.16 Å². The summed E-state index contributed by atoms with van der Waals surface area (Å²) in [7, 11) is 0. The predicted molar refractivity (Wildman–Crippen MR) is 118 cm³/mol. The second kappa shape index (κ2) is 9.46. The normalized spacial score (nSPS) is 11.0. The molecule has 1 aromatic heterocycles. The largest absolute Gasteiger partial charge is 0.274 e. The molecule has 162 valence electrons. The molecule has 4 rings (SSSR count). The van der Waals surface area contributed by atoms with E-state index in [4.69, 9.17) is 11.6 Å². The number of thioether (sulfide) groups is 1. The van der Waals surface area contributed by atoms with E-state index in [2.05, 4.69) is 10.2 Å². The van der Waals surface area contributed by atoms with Crippen molar-refractivity contribution < 1.29 is 13.7 Å². The molecule has 0 aliphatic heterocycles. The molecule has 0 bridgehead atoms. The summed E-state index contributed by atoms with van der Waals surface area (Å²) < 4.78 is 28.6. The molecule has 0 saturated carbocycles. The Morgan fingerprint density at radius 2 is 1.66 bits per heavy atom. The van der Waals surface area contributed by atoms with Gasteiger partial charge in [-0.2, -0.15) is 0 Å². The molecule has 0 N–H and O–H groups in total. The predicted octanol–water partition coefficient (Wildman–Crippen LogP) is 5.99. The molecule has 0 aliphatic carbocycles. The van der Waals surface area contributed by atoms with Gasteiger partial charge in [0.1, 0.15) is 17.5 Å². The maximum Gasteiger partial charge on any atom is 0.269 e. The molecule has 0 saturated heterocycles. The maximum absolute atomic E-state index is 13.5. The number of non-ortho nitro benzene ring substituents is 1. The van der Waals surface area contributed by atoms with Gasteiger partial charge in [-0.05, 0) is 47.5 Å². The molecule has 0 atom stereocenters. The van der Waals surface area contributed by atoms with Crippen molar-refractivity contribution in [1.29, 1.82) is 0 Å². The number of benzene rings is 3. The van der Waals surface area contributed by atoms with Crippen LogP contribution in [0.5, 0.6) is 0 Å². The molecule has 0 amide bonds. The van der Waals surface area contributed by atoms with Gasteiger partial charge in [0, 0.05) is 35.0 Å². The zero-order valence-corrected chi connectivity index (χ0v) is 18.0. The Balaban J connectivity index is 1.65. The first-order chi connectivity index (χ1) is 15.4. The molecule has 0 spiro atoms. The molecule has 1 heterocycles. The maximum atomic E-state index is 13.5. The minimum Gasteiger partial charge on any atom is -0.274 e. The van der Waals surface area contributed by atoms with Crippen molar-refractivity contribution in [3.8, 4) is 5.69 Å². The summed E-state index contributed by atoms with van der Waals surface area (Å²) in [5.41, 5.74) is 2.22. The highest BCUT2D eigenvalue weighted by molar-refractivity contribution is 7.98. The van der Waals surface area contributed by atoms with Gasteiger partial charge in [-0.25, -0.2) is 8.78 Å². The van der Waals surface area contributed by atoms with Crippen molar-refractivity contribution in [1.82, 2.24) is 14.8 Å². The number of halogens is 3. The monoisotopic (exact) mass is 472 g/mol. The van der Waals surface area contributed by atoms with Crippen LogP contribution in [0.1, 0.15) is 17.0 Å². The molecule has 0 radical (unpaired) electrons. The second-order valence-corrected chi connectivity index (χ2v) is 8.19. The highest BCUT2D eigenvalue weighted by Gasteiger charge is 2.17. The van der Waals surface area contributed by atoms with Crippen molar-refractivity contribution in [2.75, 3.05) is 0 Å². The number of nitro benzene ring substituents is 1. The van der Waals surface area contributed by atoms with Gasteiger partial charge in [-0.15, -0.1) is 10.2 Å². The van der Waals surface area contributed by atoms with E-state index < -0.39 is 10.7 Å². The summed E-state index contributed by atoms with van der Waals surface area (Å²) in [6.07, 6.45) is 0.361. The highest BCUT2D eigenvalue weighted by atomic mass is 35.5. The number of aromatic nitrogens is 3. The zero-order chi connectivity index (χ0) is 22.7. The lowest BCUT2D eigenvalue weighted by molar-refractivity contribution is -0.384. The van der Waals surface area contributed by atoms with Crippen LogP contribution in [0.3, 0.4) is 0 Å². The molecule has 3 aromatic carbocycles. The van der Waals surface area contributed by atoms with E-state index in [0.717, 1.165) is 11.1 Å². The lowest BCUT2D eigenvalue weighted by atomic mass is 10.1. The van der Waals surface area contributed by atoms with Crippen molar-refractivity contribution >= 4 is 29.1 Å². The standard InChI is InChI=1S/C22H15ClF2N4O2S/c23-20-12-17(25)4-3-15(20)13-32-22-27-26-21(28(22)18-9-5-16(24)6-10-18)11-14-1-7-19(8-2-14)29(30)31/h1-10,12H,11,13H2. The number of nitrogens with zero attached hydrogens (tertiary/aromatic N) is 4. The first-order valence-electron chi connectivity index (χ1n) is 9.41. The van der Waals surface area contributed by atoms with Gasteiger partial charge >= 0.3 is 0 Å². The van der Waals surface area contributed by atoms with Crippen LogP contribution in [0.15, 0.2) is 71.9 Å². The third-order valence-electron chi connectivity index (χ3n) is 4.67. The van der Waals surface area contributed by atoms with Gasteiger partial charge in [0.2, 0.25) is 0 Å². The summed E-state index contributed by atoms with van der Waals surface area (Å²) in [5, 5.41) is 20.3. The van der Waals surface area contributed by atoms with Gasteiger partial charge in [0.25, 0.3) is 5.69 Å². The van der Waals surface area contributed by atoms with Crippen molar-refractivity contribution in [2.45, 2.75) is 17.3 Å². The Morgan fingerprint density at radius 3 is 2.31 bits per heavy atom. The molecule has 0 fully saturated rings. The summed E-state index contributed by atoms with van der Waals surface area (Å²) in [5.74, 6) is 0.225. The molecule has 32 heavy (non-hydrogen) atoms. The zero-order valence-electron chi connectivity index (χ0n) is 16.4. The van der Waals surface area contributed by atoms with Crippen LogP contribution in [0.4, 0.5) is 14.5 Å². The van der Waals surface area contributed by atoms with E-state index in [1.807, 2.05) is 0 Å². The third kappa shape index (κ3) is 4.95. The lowest BCUT2D eigenvalue weighted by Gasteiger charge is -2.11. The SMILES string of the molecule is O=[N+]([O-])c1ccc(Cc2nnc(SCc3ccc(F)cc3Cl)n2-c2ccc(F)cc2)cc1. The number of nitro groups is 1. The Morgan fingerprint density at radius 1 is 0.969 bits per heavy atom. The Bertz CT molecular complexity index is 1260. The van der Waals surface area contributed by atoms with Crippen molar-refractivity contribution in [2.24, 2.45) is 0 Å². The minimum absolute atomic E-state index is 0.00109. The molecular formula is C22H15ClF2N4O2S. The first kappa shape index (κ1) is 21.9. The lowest BCUT2D eigenvalue weighted by Crippen LogP contribution is -2.04. The van der Waals surface area contributed by atoms with E-state index in [0.29, 0.717) is 33.9 Å². The average Bonchev–Trinajstić information content (AvgIpc) is 3.16. The molecule has 0 unspecified atom stereocenters. The molecule has 10 heteroatoms. The van der Waals surface area contributed by atoms with Crippen LogP contribution in [0.25, 0.3) is 5.69 Å². The van der Waals surface area contributed by atoms with Crippen LogP contribution >= 0.6 is 23.4 Å². The Labute approximate surface area is 191 Å². The molecule has 4 aromatic rings. The van der Waals surface area contributed by atoms with Crippen LogP contribution < -0.4 is 0 Å². The Hall–Kier alpha value is -3.30. The second-order valence-electron chi connectivity index (χ2n) is 6.84. The summed E-state index contributed by atoms with van der Waals surface area (Å²) in [4.78, 5) is 10.4. The summed E-state index contributed by atoms with van der Waals surface area (Å²) in [6, 6.07) is 16.3. The van der Waals surface area contributed by atoms with E-state index in [1.54, 1.807) is 34.9 Å². The number of rotatable bonds is 7. The van der Waals surface area contributed by atoms with E-state index in [1.165, 1.54) is 48.2 Å². The summed E-state index contributed by atoms with van der Waals surface area (Å²) in [6.45, 7) is 0. The van der Waals surface area contributed by atoms with Crippen molar-refractivity contribution in [3.63, 3.8) is 0 Å². The fraction of sp³-hybridized carbons (Fsp3) is 0.0909. The third-order valence-corrected chi connectivity index (χ3v) is 6.00. The number of hydrogen-bond donors (Lipinski definition) is 0. The van der Waals surface area contributed by atoms with Crippen LogP contribution in [0, 0.1) is 21.7 Å².